The van der Waals surface area contributed by atoms with Crippen molar-refractivity contribution in [1.29, 1.82) is 0 Å². The van der Waals surface area contributed by atoms with Crippen LogP contribution >= 0.6 is 0 Å². The molecule has 0 aliphatic carbocycles. The molecule has 1 aromatic carbocycles. The molecular formula is C17H20N4O. The van der Waals surface area contributed by atoms with Crippen LogP contribution in [-0.2, 0) is 0 Å². The molecule has 0 radical (unpaired) electrons. The molecule has 22 heavy (non-hydrogen) atoms. The van der Waals surface area contributed by atoms with E-state index in [9.17, 15) is 4.79 Å². The highest BCUT2D eigenvalue weighted by Crippen LogP contribution is 2.31. The summed E-state index contributed by atoms with van der Waals surface area (Å²) in [5, 5.41) is 4.32. The Bertz CT molecular complexity index is 667. The van der Waals surface area contributed by atoms with Crippen molar-refractivity contribution in [2.75, 3.05) is 33.2 Å². The number of carbonyl (C=O) groups excluding carboxylic acids is 1. The Morgan fingerprint density at radius 1 is 1.05 bits per heavy atom. The van der Waals surface area contributed by atoms with Crippen LogP contribution in [0, 0.1) is 11.8 Å². The van der Waals surface area contributed by atoms with Gasteiger partial charge in [0.1, 0.15) is 5.69 Å². The Morgan fingerprint density at radius 2 is 1.73 bits per heavy atom. The second-order valence-corrected chi connectivity index (χ2v) is 6.42. The van der Waals surface area contributed by atoms with Crippen molar-refractivity contribution in [1.82, 2.24) is 19.6 Å². The number of para-hydroxylation sites is 1. The van der Waals surface area contributed by atoms with Crippen molar-refractivity contribution in [3.05, 3.63) is 48.3 Å². The van der Waals surface area contributed by atoms with Crippen molar-refractivity contribution in [3.8, 4) is 5.69 Å². The Balaban J connectivity index is 1.57. The summed E-state index contributed by atoms with van der Waals surface area (Å²) >= 11 is 0. The van der Waals surface area contributed by atoms with Crippen LogP contribution in [0.3, 0.4) is 0 Å². The van der Waals surface area contributed by atoms with Gasteiger partial charge < -0.3 is 9.80 Å². The molecule has 1 aromatic heterocycles. The second kappa shape index (κ2) is 5.25. The molecule has 2 atom stereocenters. The van der Waals surface area contributed by atoms with Crippen molar-refractivity contribution in [2.45, 2.75) is 0 Å². The van der Waals surface area contributed by atoms with Gasteiger partial charge in [-0.05, 0) is 37.1 Å². The quantitative estimate of drug-likeness (QED) is 0.843. The number of benzene rings is 1. The molecule has 2 aliphatic rings. The minimum Gasteiger partial charge on any atom is -0.337 e. The molecule has 4 rings (SSSR count). The van der Waals surface area contributed by atoms with Gasteiger partial charge in [0, 0.05) is 26.2 Å². The van der Waals surface area contributed by atoms with Crippen LogP contribution in [-0.4, -0.2) is 58.7 Å². The summed E-state index contributed by atoms with van der Waals surface area (Å²) in [5.41, 5.74) is 1.58. The molecule has 0 N–H and O–H groups in total. The highest BCUT2D eigenvalue weighted by molar-refractivity contribution is 5.93. The zero-order valence-electron chi connectivity index (χ0n) is 12.7. The van der Waals surface area contributed by atoms with E-state index >= 15 is 0 Å². The van der Waals surface area contributed by atoms with E-state index in [1.54, 1.807) is 10.9 Å². The maximum atomic E-state index is 12.9. The van der Waals surface area contributed by atoms with Gasteiger partial charge in [-0.15, -0.1) is 0 Å². The van der Waals surface area contributed by atoms with Crippen LogP contribution in [0.4, 0.5) is 0 Å². The predicted molar refractivity (Wildman–Crippen MR) is 83.9 cm³/mol. The first-order chi connectivity index (χ1) is 10.7. The first kappa shape index (κ1) is 13.5. The van der Waals surface area contributed by atoms with Gasteiger partial charge >= 0.3 is 0 Å². The summed E-state index contributed by atoms with van der Waals surface area (Å²) in [7, 11) is 2.16. The number of nitrogens with zero attached hydrogens (tertiary/aromatic N) is 4. The first-order valence-electron chi connectivity index (χ1n) is 7.79. The molecule has 2 saturated heterocycles. The number of likely N-dealkylation sites (tertiary alicyclic amines) is 2. The molecule has 0 spiro atoms. The standard InChI is InChI=1S/C17H20N4O/c1-19-9-13-11-20(12-14(13)10-19)17(22)16-7-8-18-21(16)15-5-3-2-4-6-15/h2-8,13-14H,9-12H2,1H3/t13-,14+. The van der Waals surface area contributed by atoms with Gasteiger partial charge in [0.25, 0.3) is 5.91 Å². The van der Waals surface area contributed by atoms with Crippen molar-refractivity contribution in [2.24, 2.45) is 11.8 Å². The van der Waals surface area contributed by atoms with E-state index in [-0.39, 0.29) is 5.91 Å². The lowest BCUT2D eigenvalue weighted by molar-refractivity contribution is 0.0767. The van der Waals surface area contributed by atoms with Gasteiger partial charge in [-0.1, -0.05) is 18.2 Å². The smallest absolute Gasteiger partial charge is 0.272 e. The third-order valence-electron chi connectivity index (χ3n) is 4.82. The third-order valence-corrected chi connectivity index (χ3v) is 4.82. The van der Waals surface area contributed by atoms with Gasteiger partial charge in [0.2, 0.25) is 0 Å². The molecule has 2 aromatic rings. The number of hydrogen-bond acceptors (Lipinski definition) is 3. The fraction of sp³-hybridized carbons (Fsp3) is 0.412. The van der Waals surface area contributed by atoms with E-state index in [0.717, 1.165) is 31.9 Å². The largest absolute Gasteiger partial charge is 0.337 e. The Kier molecular flexibility index (Phi) is 3.22. The lowest BCUT2D eigenvalue weighted by Gasteiger charge is -2.19. The molecule has 3 heterocycles. The highest BCUT2D eigenvalue weighted by Gasteiger charge is 2.41. The fourth-order valence-corrected chi connectivity index (χ4v) is 3.80. The van der Waals surface area contributed by atoms with Gasteiger partial charge in [-0.3, -0.25) is 4.79 Å². The molecule has 0 unspecified atom stereocenters. The third kappa shape index (κ3) is 2.22. The minimum absolute atomic E-state index is 0.0957. The summed E-state index contributed by atoms with van der Waals surface area (Å²) in [5.74, 6) is 1.35. The molecule has 114 valence electrons. The Labute approximate surface area is 130 Å². The lowest BCUT2D eigenvalue weighted by atomic mass is 10.0. The van der Waals surface area contributed by atoms with Crippen LogP contribution in [0.25, 0.3) is 5.69 Å². The molecule has 0 saturated carbocycles. The zero-order valence-corrected chi connectivity index (χ0v) is 12.7. The van der Waals surface area contributed by atoms with E-state index < -0.39 is 0 Å². The molecule has 2 fully saturated rings. The van der Waals surface area contributed by atoms with Crippen LogP contribution in [0.1, 0.15) is 10.5 Å². The monoisotopic (exact) mass is 296 g/mol. The van der Waals surface area contributed by atoms with Crippen molar-refractivity contribution < 1.29 is 4.79 Å². The van der Waals surface area contributed by atoms with E-state index in [0.29, 0.717) is 17.5 Å². The van der Waals surface area contributed by atoms with Crippen LogP contribution in [0.15, 0.2) is 42.6 Å². The van der Waals surface area contributed by atoms with Gasteiger partial charge in [-0.2, -0.15) is 5.10 Å². The number of rotatable bonds is 2. The number of aromatic nitrogens is 2. The molecule has 2 aliphatic heterocycles. The van der Waals surface area contributed by atoms with Crippen molar-refractivity contribution >= 4 is 5.91 Å². The first-order valence-corrected chi connectivity index (χ1v) is 7.79. The average Bonchev–Trinajstić information content (AvgIpc) is 3.21. The summed E-state index contributed by atoms with van der Waals surface area (Å²) < 4.78 is 1.74. The van der Waals surface area contributed by atoms with Gasteiger partial charge in [-0.25, -0.2) is 4.68 Å². The topological polar surface area (TPSA) is 41.4 Å². The summed E-state index contributed by atoms with van der Waals surface area (Å²) in [6, 6.07) is 11.6. The van der Waals surface area contributed by atoms with Crippen LogP contribution < -0.4 is 0 Å². The number of hydrogen-bond donors (Lipinski definition) is 0. The lowest BCUT2D eigenvalue weighted by Crippen LogP contribution is -2.33. The molecule has 5 nitrogen and oxygen atoms in total. The Hall–Kier alpha value is -2.14. The number of carbonyl (C=O) groups is 1. The van der Waals surface area contributed by atoms with Crippen LogP contribution in [0.5, 0.6) is 0 Å². The van der Waals surface area contributed by atoms with Crippen molar-refractivity contribution in [3.63, 3.8) is 0 Å². The Morgan fingerprint density at radius 3 is 2.41 bits per heavy atom. The van der Waals surface area contributed by atoms with E-state index in [1.165, 1.54) is 0 Å². The predicted octanol–water partition coefficient (Wildman–Crippen LogP) is 1.51. The summed E-state index contributed by atoms with van der Waals surface area (Å²) in [6.07, 6.45) is 1.70. The maximum absolute atomic E-state index is 12.9. The van der Waals surface area contributed by atoms with Crippen LogP contribution in [0.2, 0.25) is 0 Å². The highest BCUT2D eigenvalue weighted by atomic mass is 16.2. The zero-order chi connectivity index (χ0) is 15.1. The summed E-state index contributed by atoms with van der Waals surface area (Å²) in [6.45, 7) is 3.94. The fourth-order valence-electron chi connectivity index (χ4n) is 3.80. The molecular weight excluding hydrogens is 276 g/mol. The van der Waals surface area contributed by atoms with E-state index in [1.807, 2.05) is 41.3 Å². The SMILES string of the molecule is CN1C[C@@H]2CN(C(=O)c3ccnn3-c3ccccc3)C[C@@H]2C1. The number of fused-ring (bicyclic) bond motifs is 1. The average molecular weight is 296 g/mol. The number of amides is 1. The van der Waals surface area contributed by atoms with E-state index in [2.05, 4.69) is 17.0 Å². The van der Waals surface area contributed by atoms with Gasteiger partial charge in [0.15, 0.2) is 0 Å². The van der Waals surface area contributed by atoms with Gasteiger partial charge in [0.05, 0.1) is 11.9 Å². The van der Waals surface area contributed by atoms with E-state index in [4.69, 9.17) is 0 Å². The summed E-state index contributed by atoms with van der Waals surface area (Å²) in [4.78, 5) is 17.2. The molecule has 0 bridgehead atoms. The molecule has 5 heteroatoms. The molecule has 1 amide bonds. The maximum Gasteiger partial charge on any atom is 0.272 e. The normalized spacial score (nSPS) is 24.7. The second-order valence-electron chi connectivity index (χ2n) is 6.42. The minimum atomic E-state index is 0.0957.